The fourth-order valence-corrected chi connectivity index (χ4v) is 2.46. The van der Waals surface area contributed by atoms with Crippen molar-refractivity contribution in [3.8, 4) is 6.07 Å². The minimum atomic E-state index is -0.751. The molecular weight excluding hydrogens is 309 g/mol. The van der Waals surface area contributed by atoms with Gasteiger partial charge in [-0.15, -0.1) is 0 Å². The zero-order valence-electron chi connectivity index (χ0n) is 13.1. The Morgan fingerprint density at radius 1 is 1.33 bits per heavy atom. The Hall–Kier alpha value is -3.40. The van der Waals surface area contributed by atoms with E-state index in [2.05, 4.69) is 15.5 Å². The highest BCUT2D eigenvalue weighted by Gasteiger charge is 2.17. The highest BCUT2D eigenvalue weighted by atomic mass is 19.1. The molecule has 0 spiro atoms. The number of carbonyl (C=O) groups excluding carboxylic acids is 1. The van der Waals surface area contributed by atoms with Gasteiger partial charge >= 0.3 is 0 Å². The fraction of sp³-hybridized carbons (Fsp3) is 0.118. The van der Waals surface area contributed by atoms with E-state index in [-0.39, 0.29) is 11.1 Å². The van der Waals surface area contributed by atoms with Crippen LogP contribution in [0.2, 0.25) is 0 Å². The average molecular weight is 323 g/mol. The molecule has 0 radical (unpaired) electrons. The number of aromatic nitrogens is 2. The summed E-state index contributed by atoms with van der Waals surface area (Å²) in [5.41, 5.74) is 1.64. The number of nitrogens with one attached hydrogen (secondary N) is 2. The number of hydrogen-bond donors (Lipinski definition) is 2. The number of halogens is 1. The first kappa shape index (κ1) is 15.5. The van der Waals surface area contributed by atoms with Crippen molar-refractivity contribution in [3.05, 3.63) is 53.3 Å². The number of amides is 1. The van der Waals surface area contributed by atoms with Crippen LogP contribution in [-0.4, -0.2) is 30.2 Å². The van der Waals surface area contributed by atoms with Crippen molar-refractivity contribution in [2.75, 3.05) is 24.3 Å². The maximum Gasteiger partial charge on any atom is 0.259 e. The Bertz CT molecular complexity index is 971. The summed E-state index contributed by atoms with van der Waals surface area (Å²) in [6.45, 7) is 0. The lowest BCUT2D eigenvalue weighted by Gasteiger charge is -2.14. The molecular formula is C17H14FN5O. The van der Waals surface area contributed by atoms with Crippen molar-refractivity contribution >= 4 is 28.3 Å². The average Bonchev–Trinajstić information content (AvgIpc) is 2.97. The Kier molecular flexibility index (Phi) is 3.88. The first-order valence-corrected chi connectivity index (χ1v) is 7.16. The quantitative estimate of drug-likeness (QED) is 0.776. The van der Waals surface area contributed by atoms with Crippen LogP contribution in [0.15, 0.2) is 36.4 Å². The smallest absolute Gasteiger partial charge is 0.259 e. The third-order valence-electron chi connectivity index (χ3n) is 3.62. The molecule has 1 aromatic heterocycles. The third-order valence-corrected chi connectivity index (χ3v) is 3.62. The number of fused-ring (bicyclic) bond motifs is 1. The van der Waals surface area contributed by atoms with Gasteiger partial charge in [-0.2, -0.15) is 10.4 Å². The van der Waals surface area contributed by atoms with Crippen LogP contribution in [0.4, 0.5) is 15.9 Å². The van der Waals surface area contributed by atoms with E-state index in [1.165, 1.54) is 12.1 Å². The van der Waals surface area contributed by atoms with Gasteiger partial charge in [0.15, 0.2) is 5.82 Å². The van der Waals surface area contributed by atoms with Gasteiger partial charge in [-0.25, -0.2) is 4.39 Å². The summed E-state index contributed by atoms with van der Waals surface area (Å²) in [6, 6.07) is 11.2. The lowest BCUT2D eigenvalue weighted by atomic mass is 10.1. The Morgan fingerprint density at radius 2 is 2.12 bits per heavy atom. The van der Waals surface area contributed by atoms with E-state index in [1.807, 2.05) is 43.3 Å². The van der Waals surface area contributed by atoms with Crippen molar-refractivity contribution in [1.29, 1.82) is 5.26 Å². The molecule has 0 unspecified atom stereocenters. The molecule has 0 atom stereocenters. The molecule has 0 bridgehead atoms. The number of hydrogen-bond acceptors (Lipinski definition) is 4. The third kappa shape index (κ3) is 2.65. The maximum atomic E-state index is 14.0. The van der Waals surface area contributed by atoms with Crippen molar-refractivity contribution in [2.24, 2.45) is 0 Å². The molecule has 0 saturated carbocycles. The predicted molar refractivity (Wildman–Crippen MR) is 89.5 cm³/mol. The van der Waals surface area contributed by atoms with E-state index in [9.17, 15) is 9.18 Å². The summed E-state index contributed by atoms with van der Waals surface area (Å²) in [5.74, 6) is -1.05. The van der Waals surface area contributed by atoms with Gasteiger partial charge in [-0.1, -0.05) is 6.07 Å². The number of benzene rings is 2. The SMILES string of the molecule is CN(C)c1cccc2[nH]nc(NC(=O)c3ccc(C#N)cc3F)c12. The molecule has 3 aromatic rings. The second-order valence-corrected chi connectivity index (χ2v) is 5.43. The van der Waals surface area contributed by atoms with Crippen LogP contribution < -0.4 is 10.2 Å². The lowest BCUT2D eigenvalue weighted by Crippen LogP contribution is -2.15. The molecule has 0 aliphatic carbocycles. The van der Waals surface area contributed by atoms with E-state index in [1.54, 1.807) is 0 Å². The van der Waals surface area contributed by atoms with E-state index >= 15 is 0 Å². The van der Waals surface area contributed by atoms with Crippen LogP contribution in [0.25, 0.3) is 10.9 Å². The molecule has 0 fully saturated rings. The number of carbonyl (C=O) groups is 1. The number of aromatic amines is 1. The fourth-order valence-electron chi connectivity index (χ4n) is 2.46. The van der Waals surface area contributed by atoms with Gasteiger partial charge in [-0.05, 0) is 30.3 Å². The van der Waals surface area contributed by atoms with Crippen molar-refractivity contribution in [1.82, 2.24) is 10.2 Å². The standard InChI is InChI=1S/C17H14FN5O/c1-23(2)14-5-3-4-13-15(14)16(22-21-13)20-17(24)11-7-6-10(9-19)8-12(11)18/h3-8H,1-2H3,(H2,20,21,22,24). The molecule has 1 heterocycles. The van der Waals surface area contributed by atoms with Crippen LogP contribution in [-0.2, 0) is 0 Å². The number of nitriles is 1. The molecule has 0 saturated heterocycles. The molecule has 3 rings (SSSR count). The van der Waals surface area contributed by atoms with Gasteiger partial charge in [0.2, 0.25) is 0 Å². The van der Waals surface area contributed by atoms with Gasteiger partial charge < -0.3 is 10.2 Å². The van der Waals surface area contributed by atoms with E-state index in [0.29, 0.717) is 5.82 Å². The van der Waals surface area contributed by atoms with Crippen LogP contribution in [0.5, 0.6) is 0 Å². The van der Waals surface area contributed by atoms with Crippen molar-refractivity contribution in [2.45, 2.75) is 0 Å². The largest absolute Gasteiger partial charge is 0.377 e. The number of nitrogens with zero attached hydrogens (tertiary/aromatic N) is 3. The minimum absolute atomic E-state index is 0.146. The highest BCUT2D eigenvalue weighted by molar-refractivity contribution is 6.10. The minimum Gasteiger partial charge on any atom is -0.377 e. The molecule has 1 amide bonds. The van der Waals surface area contributed by atoms with Crippen LogP contribution >= 0.6 is 0 Å². The molecule has 2 aromatic carbocycles. The molecule has 120 valence electrons. The Balaban J connectivity index is 1.99. The van der Waals surface area contributed by atoms with Gasteiger partial charge in [0.1, 0.15) is 5.82 Å². The summed E-state index contributed by atoms with van der Waals surface area (Å²) in [4.78, 5) is 14.3. The Morgan fingerprint density at radius 3 is 2.79 bits per heavy atom. The predicted octanol–water partition coefficient (Wildman–Crippen LogP) is 2.89. The Labute approximate surface area is 137 Å². The summed E-state index contributed by atoms with van der Waals surface area (Å²) < 4.78 is 14.0. The maximum absolute atomic E-state index is 14.0. The zero-order chi connectivity index (χ0) is 17.3. The summed E-state index contributed by atoms with van der Waals surface area (Å²) >= 11 is 0. The second kappa shape index (κ2) is 6.01. The van der Waals surface area contributed by atoms with Crippen molar-refractivity contribution in [3.63, 3.8) is 0 Å². The topological polar surface area (TPSA) is 84.8 Å². The first-order chi connectivity index (χ1) is 11.5. The van der Waals surface area contributed by atoms with Gasteiger partial charge in [0.25, 0.3) is 5.91 Å². The van der Waals surface area contributed by atoms with E-state index < -0.39 is 11.7 Å². The van der Waals surface area contributed by atoms with Gasteiger partial charge in [-0.3, -0.25) is 9.89 Å². The number of anilines is 2. The van der Waals surface area contributed by atoms with E-state index in [4.69, 9.17) is 5.26 Å². The molecule has 24 heavy (non-hydrogen) atoms. The normalized spacial score (nSPS) is 10.4. The molecule has 7 heteroatoms. The summed E-state index contributed by atoms with van der Waals surface area (Å²) in [7, 11) is 3.77. The van der Waals surface area contributed by atoms with Crippen LogP contribution in [0.3, 0.4) is 0 Å². The van der Waals surface area contributed by atoms with Gasteiger partial charge in [0.05, 0.1) is 28.1 Å². The number of rotatable bonds is 3. The second-order valence-electron chi connectivity index (χ2n) is 5.43. The van der Waals surface area contributed by atoms with Crippen LogP contribution in [0.1, 0.15) is 15.9 Å². The zero-order valence-corrected chi connectivity index (χ0v) is 13.1. The highest BCUT2D eigenvalue weighted by Crippen LogP contribution is 2.30. The molecule has 0 aliphatic heterocycles. The molecule has 6 nitrogen and oxygen atoms in total. The number of H-pyrrole nitrogens is 1. The van der Waals surface area contributed by atoms with Crippen molar-refractivity contribution < 1.29 is 9.18 Å². The van der Waals surface area contributed by atoms with Gasteiger partial charge in [0, 0.05) is 19.8 Å². The van der Waals surface area contributed by atoms with Crippen LogP contribution in [0, 0.1) is 17.1 Å². The van der Waals surface area contributed by atoms with E-state index in [0.717, 1.165) is 22.7 Å². The summed E-state index contributed by atoms with van der Waals surface area (Å²) in [6.07, 6.45) is 0. The molecule has 2 N–H and O–H groups in total. The molecule has 0 aliphatic rings. The first-order valence-electron chi connectivity index (χ1n) is 7.16. The lowest BCUT2D eigenvalue weighted by molar-refractivity contribution is 0.102. The monoisotopic (exact) mass is 323 g/mol. The summed E-state index contributed by atoms with van der Waals surface area (Å²) in [5, 5.41) is 19.1.